The number of sulfonamides is 1. The summed E-state index contributed by atoms with van der Waals surface area (Å²) in [6.45, 7) is 1.82. The summed E-state index contributed by atoms with van der Waals surface area (Å²) < 4.78 is 27.2. The molecule has 0 amide bonds. The summed E-state index contributed by atoms with van der Waals surface area (Å²) in [5.74, 6) is 0. The molecule has 20 heavy (non-hydrogen) atoms. The average Bonchev–Trinajstić information content (AvgIpc) is 2.79. The lowest BCUT2D eigenvalue weighted by atomic mass is 10.2. The van der Waals surface area contributed by atoms with Crippen molar-refractivity contribution in [2.45, 2.75) is 24.3 Å². The van der Waals surface area contributed by atoms with Gasteiger partial charge in [0.1, 0.15) is 4.90 Å². The number of halogens is 1. The molecule has 4 nitrogen and oxygen atoms in total. The van der Waals surface area contributed by atoms with Gasteiger partial charge < -0.3 is 5.73 Å². The molecule has 108 valence electrons. The minimum absolute atomic E-state index is 0.0476. The van der Waals surface area contributed by atoms with Crippen molar-refractivity contribution in [1.29, 1.82) is 0 Å². The van der Waals surface area contributed by atoms with E-state index in [1.54, 1.807) is 11.3 Å². The van der Waals surface area contributed by atoms with Crippen LogP contribution in [0.25, 0.3) is 0 Å². The Morgan fingerprint density at radius 3 is 2.75 bits per heavy atom. The lowest BCUT2D eigenvalue weighted by Crippen LogP contribution is -2.34. The number of nitrogens with one attached hydrogen (secondary N) is 1. The molecule has 2 aromatic rings. The molecule has 0 spiro atoms. The first kappa shape index (κ1) is 15.3. The van der Waals surface area contributed by atoms with Crippen LogP contribution in [-0.2, 0) is 16.4 Å². The van der Waals surface area contributed by atoms with Gasteiger partial charge in [-0.3, -0.25) is 0 Å². The second kappa shape index (κ2) is 6.13. The van der Waals surface area contributed by atoms with E-state index in [0.29, 0.717) is 12.1 Å². The van der Waals surface area contributed by atoms with Gasteiger partial charge in [-0.05, 0) is 43.0 Å². The Morgan fingerprint density at radius 1 is 1.40 bits per heavy atom. The summed E-state index contributed by atoms with van der Waals surface area (Å²) in [4.78, 5) is 1.18. The van der Waals surface area contributed by atoms with Gasteiger partial charge in [0, 0.05) is 16.6 Å². The third kappa shape index (κ3) is 3.73. The molecule has 0 aliphatic rings. The van der Waals surface area contributed by atoms with Gasteiger partial charge in [0.2, 0.25) is 10.0 Å². The third-order valence-corrected chi connectivity index (χ3v) is 5.66. The van der Waals surface area contributed by atoms with Crippen molar-refractivity contribution in [1.82, 2.24) is 4.72 Å². The van der Waals surface area contributed by atoms with Crippen LogP contribution >= 0.6 is 22.9 Å². The molecule has 3 N–H and O–H groups in total. The van der Waals surface area contributed by atoms with Crippen LogP contribution in [0.5, 0.6) is 0 Å². The highest BCUT2D eigenvalue weighted by molar-refractivity contribution is 7.89. The molecular weight excluding hydrogens is 316 g/mol. The molecule has 0 radical (unpaired) electrons. The van der Waals surface area contributed by atoms with Crippen molar-refractivity contribution in [3.05, 3.63) is 45.6 Å². The number of nitrogens with two attached hydrogens (primary N) is 1. The van der Waals surface area contributed by atoms with Crippen LogP contribution in [0.1, 0.15) is 11.8 Å². The van der Waals surface area contributed by atoms with E-state index in [9.17, 15) is 8.42 Å². The Bertz CT molecular complexity index is 684. The van der Waals surface area contributed by atoms with Crippen molar-refractivity contribution >= 4 is 38.6 Å². The summed E-state index contributed by atoms with van der Waals surface area (Å²) in [6, 6.07) is 8.07. The number of hydrogen-bond donors (Lipinski definition) is 2. The number of hydrogen-bond acceptors (Lipinski definition) is 4. The Hall–Kier alpha value is -1.08. The maximum atomic E-state index is 12.3. The molecule has 2 rings (SSSR count). The monoisotopic (exact) mass is 330 g/mol. The Morgan fingerprint density at radius 2 is 2.15 bits per heavy atom. The summed E-state index contributed by atoms with van der Waals surface area (Å²) >= 11 is 7.54. The molecule has 0 aliphatic carbocycles. The topological polar surface area (TPSA) is 72.2 Å². The highest BCUT2D eigenvalue weighted by atomic mass is 35.5. The van der Waals surface area contributed by atoms with E-state index in [0.717, 1.165) is 4.88 Å². The fourth-order valence-corrected chi connectivity index (χ4v) is 4.47. The van der Waals surface area contributed by atoms with E-state index in [1.807, 2.05) is 24.4 Å². The lowest BCUT2D eigenvalue weighted by Gasteiger charge is -2.14. The molecule has 1 atom stereocenters. The van der Waals surface area contributed by atoms with Crippen LogP contribution in [0.3, 0.4) is 0 Å². The van der Waals surface area contributed by atoms with E-state index < -0.39 is 10.0 Å². The van der Waals surface area contributed by atoms with Crippen molar-refractivity contribution in [2.75, 3.05) is 5.73 Å². The zero-order valence-electron chi connectivity index (χ0n) is 10.8. The maximum Gasteiger partial charge on any atom is 0.242 e. The van der Waals surface area contributed by atoms with Gasteiger partial charge >= 0.3 is 0 Å². The molecule has 0 fully saturated rings. The fraction of sp³-hybridized carbons (Fsp3) is 0.231. The number of rotatable bonds is 5. The summed E-state index contributed by atoms with van der Waals surface area (Å²) in [5, 5.41) is 2.09. The predicted molar refractivity (Wildman–Crippen MR) is 83.7 cm³/mol. The van der Waals surface area contributed by atoms with Gasteiger partial charge in [-0.1, -0.05) is 17.7 Å². The maximum absolute atomic E-state index is 12.3. The average molecular weight is 331 g/mol. The third-order valence-electron chi connectivity index (χ3n) is 2.69. The van der Waals surface area contributed by atoms with Crippen LogP contribution in [0, 0.1) is 0 Å². The molecule has 7 heteroatoms. The largest absolute Gasteiger partial charge is 0.399 e. The highest BCUT2D eigenvalue weighted by Crippen LogP contribution is 2.24. The SMILES string of the molecule is CC(Cc1cccs1)NS(=O)(=O)c1ccc(N)cc1Cl. The van der Waals surface area contributed by atoms with Gasteiger partial charge in [0.25, 0.3) is 0 Å². The highest BCUT2D eigenvalue weighted by Gasteiger charge is 2.20. The summed E-state index contributed by atoms with van der Waals surface area (Å²) in [7, 11) is -3.64. The molecule has 1 unspecified atom stereocenters. The van der Waals surface area contributed by atoms with Crippen LogP contribution in [-0.4, -0.2) is 14.5 Å². The first-order chi connectivity index (χ1) is 9.38. The van der Waals surface area contributed by atoms with Crippen molar-refractivity contribution in [2.24, 2.45) is 0 Å². The van der Waals surface area contributed by atoms with Crippen LogP contribution in [0.2, 0.25) is 5.02 Å². The first-order valence-electron chi connectivity index (χ1n) is 5.98. The molecule has 1 aromatic heterocycles. The fourth-order valence-electron chi connectivity index (χ4n) is 1.84. The number of nitrogen functional groups attached to an aromatic ring is 1. The van der Waals surface area contributed by atoms with E-state index >= 15 is 0 Å². The molecular formula is C13H15ClN2O2S2. The Kier molecular flexibility index (Phi) is 4.70. The molecule has 0 saturated carbocycles. The standard InChI is InChI=1S/C13H15ClN2O2S2/c1-9(7-11-3-2-6-19-11)16-20(17,18)13-5-4-10(15)8-12(13)14/h2-6,8-9,16H,7,15H2,1H3. The van der Waals surface area contributed by atoms with Gasteiger partial charge in [-0.2, -0.15) is 0 Å². The van der Waals surface area contributed by atoms with Crippen LogP contribution in [0.4, 0.5) is 5.69 Å². The lowest BCUT2D eigenvalue weighted by molar-refractivity contribution is 0.561. The summed E-state index contributed by atoms with van der Waals surface area (Å²) in [5.41, 5.74) is 6.00. The zero-order chi connectivity index (χ0) is 14.8. The van der Waals surface area contributed by atoms with E-state index in [2.05, 4.69) is 4.72 Å². The summed E-state index contributed by atoms with van der Waals surface area (Å²) in [6.07, 6.45) is 0.642. The van der Waals surface area contributed by atoms with E-state index in [1.165, 1.54) is 18.2 Å². The Balaban J connectivity index is 2.14. The smallest absolute Gasteiger partial charge is 0.242 e. The van der Waals surface area contributed by atoms with Crippen molar-refractivity contribution in [3.63, 3.8) is 0 Å². The van der Waals surface area contributed by atoms with E-state index in [-0.39, 0.29) is 16.0 Å². The molecule has 1 heterocycles. The predicted octanol–water partition coefficient (Wildman–Crippen LogP) is 2.89. The van der Waals surface area contributed by atoms with Gasteiger partial charge in [0.15, 0.2) is 0 Å². The minimum atomic E-state index is -3.64. The Labute approximate surface area is 127 Å². The first-order valence-corrected chi connectivity index (χ1v) is 8.72. The van der Waals surface area contributed by atoms with Gasteiger partial charge in [-0.15, -0.1) is 11.3 Å². The second-order valence-corrected chi connectivity index (χ2v) is 7.62. The van der Waals surface area contributed by atoms with Crippen LogP contribution in [0.15, 0.2) is 40.6 Å². The molecule has 0 saturated heterocycles. The molecule has 0 bridgehead atoms. The number of anilines is 1. The number of benzene rings is 1. The molecule has 1 aromatic carbocycles. The van der Waals surface area contributed by atoms with E-state index in [4.69, 9.17) is 17.3 Å². The molecule has 0 aliphatic heterocycles. The van der Waals surface area contributed by atoms with Gasteiger partial charge in [0.05, 0.1) is 5.02 Å². The van der Waals surface area contributed by atoms with Crippen molar-refractivity contribution in [3.8, 4) is 0 Å². The van der Waals surface area contributed by atoms with Gasteiger partial charge in [-0.25, -0.2) is 13.1 Å². The number of thiophene rings is 1. The minimum Gasteiger partial charge on any atom is -0.399 e. The normalized spacial score (nSPS) is 13.3. The second-order valence-electron chi connectivity index (χ2n) is 4.50. The quantitative estimate of drug-likeness (QED) is 0.828. The van der Waals surface area contributed by atoms with Crippen molar-refractivity contribution < 1.29 is 8.42 Å². The zero-order valence-corrected chi connectivity index (χ0v) is 13.2. The van der Waals surface area contributed by atoms with Crippen LogP contribution < -0.4 is 10.5 Å².